The van der Waals surface area contributed by atoms with Gasteiger partial charge in [0.1, 0.15) is 0 Å². The first-order valence-electron chi connectivity index (χ1n) is 3.62. The van der Waals surface area contributed by atoms with E-state index in [4.69, 9.17) is 0 Å². The van der Waals surface area contributed by atoms with Crippen LogP contribution in [0, 0.1) is 20.2 Å². The molecule has 1 aromatic carbocycles. The molecule has 8 heteroatoms. The molecule has 0 saturated carbocycles. The maximum atomic E-state index is 10.6. The quantitative estimate of drug-likeness (QED) is 0.425. The Bertz CT molecular complexity index is 431. The van der Waals surface area contributed by atoms with Gasteiger partial charge >= 0.3 is 11.4 Å². The van der Waals surface area contributed by atoms with Crippen LogP contribution in [0.5, 0.6) is 5.75 Å². The number of nitrogens with zero attached hydrogens (tertiary/aromatic N) is 3. The van der Waals surface area contributed by atoms with Crippen LogP contribution in [0.3, 0.4) is 0 Å². The van der Waals surface area contributed by atoms with Crippen LogP contribution in [0.4, 0.5) is 11.4 Å². The minimum atomic E-state index is -0.904. The Kier molecular flexibility index (Phi) is 2.91. The monoisotopic (exact) mass is 211 g/mol. The highest BCUT2D eigenvalue weighted by molar-refractivity contribution is 5.61. The summed E-state index contributed by atoms with van der Waals surface area (Å²) in [6, 6.07) is 3.46. The van der Waals surface area contributed by atoms with Gasteiger partial charge in [-0.2, -0.15) is 0 Å². The molecule has 0 atom stereocenters. The fourth-order valence-corrected chi connectivity index (χ4v) is 0.985. The molecule has 1 rings (SSSR count). The third-order valence-corrected chi connectivity index (χ3v) is 1.52. The van der Waals surface area contributed by atoms with E-state index in [1.807, 2.05) is 0 Å². The van der Waals surface area contributed by atoms with Crippen molar-refractivity contribution in [2.75, 3.05) is 0 Å². The van der Waals surface area contributed by atoms with E-state index in [2.05, 4.69) is 16.7 Å². The van der Waals surface area contributed by atoms with Crippen molar-refractivity contribution in [3.8, 4) is 5.75 Å². The normalized spacial score (nSPS) is 9.33. The molecule has 0 unspecified atom stereocenters. The predicted octanol–water partition coefficient (Wildman–Crippen LogP) is 1.50. The summed E-state index contributed by atoms with van der Waals surface area (Å²) in [6.07, 6.45) is 0. The zero-order valence-corrected chi connectivity index (χ0v) is 7.32. The van der Waals surface area contributed by atoms with Crippen LogP contribution in [0.2, 0.25) is 0 Å². The van der Waals surface area contributed by atoms with Gasteiger partial charge in [-0.1, -0.05) is 11.2 Å². The van der Waals surface area contributed by atoms with E-state index >= 15 is 0 Å². The Labute approximate surface area is 83.1 Å². The standard InChI is InChI=1S/C7H5N3O5/c1-8-15-6-4-2-3-5(9(11)12)7(6)10(13)14/h2-4H,1H2. The van der Waals surface area contributed by atoms with Crippen molar-refractivity contribution >= 4 is 18.1 Å². The number of rotatable bonds is 4. The molecule has 0 amide bonds. The highest BCUT2D eigenvalue weighted by Gasteiger charge is 2.29. The van der Waals surface area contributed by atoms with Gasteiger partial charge < -0.3 is 4.84 Å². The molecule has 0 spiro atoms. The molecule has 0 saturated heterocycles. The van der Waals surface area contributed by atoms with E-state index < -0.39 is 21.2 Å². The molecule has 0 radical (unpaired) electrons. The smallest absolute Gasteiger partial charge is 0.350 e. The number of nitro benzene ring substituents is 2. The van der Waals surface area contributed by atoms with Gasteiger partial charge in [0, 0.05) is 12.8 Å². The summed E-state index contributed by atoms with van der Waals surface area (Å²) in [6.45, 7) is 2.97. The van der Waals surface area contributed by atoms with Gasteiger partial charge in [-0.25, -0.2) is 0 Å². The first kappa shape index (κ1) is 10.6. The summed E-state index contributed by atoms with van der Waals surface area (Å²) in [5.41, 5.74) is -1.39. The van der Waals surface area contributed by atoms with Crippen molar-refractivity contribution in [3.63, 3.8) is 0 Å². The van der Waals surface area contributed by atoms with Crippen molar-refractivity contribution in [1.29, 1.82) is 0 Å². The second kappa shape index (κ2) is 4.13. The fraction of sp³-hybridized carbons (Fsp3) is 0. The lowest BCUT2D eigenvalue weighted by Gasteiger charge is -1.99. The molecule has 8 nitrogen and oxygen atoms in total. The van der Waals surface area contributed by atoms with Crippen LogP contribution >= 0.6 is 0 Å². The van der Waals surface area contributed by atoms with E-state index in [1.54, 1.807) is 0 Å². The third-order valence-electron chi connectivity index (χ3n) is 1.52. The van der Waals surface area contributed by atoms with Gasteiger partial charge in [0.05, 0.1) is 9.85 Å². The lowest BCUT2D eigenvalue weighted by atomic mass is 10.2. The number of hydrogen-bond donors (Lipinski definition) is 0. The highest BCUT2D eigenvalue weighted by atomic mass is 16.7. The first-order valence-corrected chi connectivity index (χ1v) is 3.62. The summed E-state index contributed by atoms with van der Waals surface area (Å²) < 4.78 is 0. The molecule has 0 bridgehead atoms. The van der Waals surface area contributed by atoms with Crippen molar-refractivity contribution in [2.24, 2.45) is 5.16 Å². The summed E-state index contributed by atoms with van der Waals surface area (Å²) in [7, 11) is 0. The zero-order chi connectivity index (χ0) is 11.4. The largest absolute Gasteiger partial charge is 0.390 e. The summed E-state index contributed by atoms with van der Waals surface area (Å²) >= 11 is 0. The Morgan fingerprint density at radius 1 is 1.27 bits per heavy atom. The van der Waals surface area contributed by atoms with Crippen molar-refractivity contribution in [2.45, 2.75) is 0 Å². The molecular formula is C7H5N3O5. The summed E-state index contributed by atoms with van der Waals surface area (Å²) in [5.74, 6) is -0.316. The predicted molar refractivity (Wildman–Crippen MR) is 49.9 cm³/mol. The van der Waals surface area contributed by atoms with Gasteiger partial charge in [0.15, 0.2) is 0 Å². The SMILES string of the molecule is C=NOc1cccc([N+](=O)[O-])c1[N+](=O)[O-]. The molecule has 0 aliphatic rings. The average Bonchev–Trinajstić information content (AvgIpc) is 2.17. The van der Waals surface area contributed by atoms with Gasteiger partial charge in [-0.15, -0.1) is 0 Å². The molecule has 15 heavy (non-hydrogen) atoms. The zero-order valence-electron chi connectivity index (χ0n) is 7.32. The molecule has 78 valence electrons. The third kappa shape index (κ3) is 2.05. The fourth-order valence-electron chi connectivity index (χ4n) is 0.985. The summed E-state index contributed by atoms with van der Waals surface area (Å²) in [4.78, 5) is 23.7. The molecule has 0 aliphatic heterocycles. The second-order valence-electron chi connectivity index (χ2n) is 2.36. The molecular weight excluding hydrogens is 206 g/mol. The van der Waals surface area contributed by atoms with Gasteiger partial charge in [0.25, 0.3) is 0 Å². The number of benzene rings is 1. The number of nitro groups is 2. The van der Waals surface area contributed by atoms with E-state index in [0.717, 1.165) is 6.07 Å². The van der Waals surface area contributed by atoms with Crippen LogP contribution in [0.25, 0.3) is 0 Å². The second-order valence-corrected chi connectivity index (χ2v) is 2.36. The first-order chi connectivity index (χ1) is 7.07. The molecule has 0 fully saturated rings. The lowest BCUT2D eigenvalue weighted by Crippen LogP contribution is -1.98. The number of para-hydroxylation sites is 1. The van der Waals surface area contributed by atoms with Gasteiger partial charge in [0.2, 0.25) is 5.75 Å². The minimum absolute atomic E-state index is 0.316. The van der Waals surface area contributed by atoms with E-state index in [0.29, 0.717) is 0 Å². The van der Waals surface area contributed by atoms with Crippen molar-refractivity contribution in [3.05, 3.63) is 38.4 Å². The van der Waals surface area contributed by atoms with Crippen molar-refractivity contribution < 1.29 is 14.7 Å². The van der Waals surface area contributed by atoms with Crippen LogP contribution in [0.1, 0.15) is 0 Å². The Hall–Kier alpha value is -2.51. The van der Waals surface area contributed by atoms with Crippen LogP contribution < -0.4 is 4.84 Å². The van der Waals surface area contributed by atoms with Gasteiger partial charge in [-0.3, -0.25) is 20.2 Å². The van der Waals surface area contributed by atoms with Crippen LogP contribution in [0.15, 0.2) is 23.4 Å². The van der Waals surface area contributed by atoms with E-state index in [-0.39, 0.29) is 5.75 Å². The topological polar surface area (TPSA) is 108 Å². The number of hydrogen-bond acceptors (Lipinski definition) is 6. The van der Waals surface area contributed by atoms with E-state index in [1.165, 1.54) is 12.1 Å². The Morgan fingerprint density at radius 2 is 1.93 bits per heavy atom. The molecule has 0 aromatic heterocycles. The molecule has 0 heterocycles. The van der Waals surface area contributed by atoms with Crippen LogP contribution in [-0.4, -0.2) is 16.6 Å². The Balaban J connectivity index is 3.40. The minimum Gasteiger partial charge on any atom is -0.350 e. The summed E-state index contributed by atoms with van der Waals surface area (Å²) in [5, 5.41) is 24.0. The maximum Gasteiger partial charge on any atom is 0.390 e. The number of oxime groups is 1. The maximum absolute atomic E-state index is 10.6. The average molecular weight is 211 g/mol. The van der Waals surface area contributed by atoms with Crippen molar-refractivity contribution in [1.82, 2.24) is 0 Å². The Morgan fingerprint density at radius 3 is 2.40 bits per heavy atom. The molecule has 0 aliphatic carbocycles. The van der Waals surface area contributed by atoms with Crippen LogP contribution in [-0.2, 0) is 0 Å². The lowest BCUT2D eigenvalue weighted by molar-refractivity contribution is -0.423. The van der Waals surface area contributed by atoms with Gasteiger partial charge in [-0.05, 0) is 6.07 Å². The highest BCUT2D eigenvalue weighted by Crippen LogP contribution is 2.35. The molecule has 1 aromatic rings. The van der Waals surface area contributed by atoms with E-state index in [9.17, 15) is 20.2 Å². The molecule has 0 N–H and O–H groups in total.